The van der Waals surface area contributed by atoms with Crippen molar-refractivity contribution in [1.82, 2.24) is 5.32 Å². The molecule has 0 aliphatic rings. The molecule has 1 N–H and O–H groups in total. The Morgan fingerprint density at radius 1 is 1.11 bits per heavy atom. The summed E-state index contributed by atoms with van der Waals surface area (Å²) >= 11 is 0. The number of Topliss-reactive ketones (excluding diaryl/α,β-unsaturated/α-hetero) is 1. The number of benzene rings is 1. The monoisotopic (exact) mass is 381 g/mol. The van der Waals surface area contributed by atoms with E-state index in [-0.39, 0.29) is 12.4 Å². The van der Waals surface area contributed by atoms with Crippen LogP contribution >= 0.6 is 0 Å². The first-order valence-electron chi connectivity index (χ1n) is 8.57. The maximum absolute atomic E-state index is 12.4. The van der Waals surface area contributed by atoms with Gasteiger partial charge in [-0.05, 0) is 58.9 Å². The molecule has 0 aliphatic heterocycles. The molecule has 150 valence electrons. The highest BCUT2D eigenvalue weighted by atomic mass is 16.7. The molecule has 27 heavy (non-hydrogen) atoms. The van der Waals surface area contributed by atoms with Crippen molar-refractivity contribution in [2.75, 3.05) is 13.7 Å². The second-order valence-electron chi connectivity index (χ2n) is 6.69. The van der Waals surface area contributed by atoms with E-state index in [9.17, 15) is 14.4 Å². The SMILES string of the molecule is CCOC(=O)C(OC)Oc1ccc(C(=O)C(C)NC(=O)OC(C)(C)C)cc1. The van der Waals surface area contributed by atoms with Gasteiger partial charge in [0.05, 0.1) is 12.6 Å². The zero-order valence-electron chi connectivity index (χ0n) is 16.5. The second kappa shape index (κ2) is 9.91. The fourth-order valence-corrected chi connectivity index (χ4v) is 2.02. The number of hydrogen-bond acceptors (Lipinski definition) is 7. The average Bonchev–Trinajstić information content (AvgIpc) is 2.57. The Bertz CT molecular complexity index is 649. The quantitative estimate of drug-likeness (QED) is 0.420. The number of alkyl carbamates (subject to hydrolysis) is 1. The molecule has 1 aromatic carbocycles. The van der Waals surface area contributed by atoms with Gasteiger partial charge in [-0.15, -0.1) is 0 Å². The average molecular weight is 381 g/mol. The van der Waals surface area contributed by atoms with Crippen molar-refractivity contribution >= 4 is 17.8 Å². The Morgan fingerprint density at radius 2 is 1.70 bits per heavy atom. The van der Waals surface area contributed by atoms with Crippen LogP contribution in [-0.2, 0) is 19.0 Å². The summed E-state index contributed by atoms with van der Waals surface area (Å²) in [5.41, 5.74) is -0.279. The number of methoxy groups -OCH3 is 1. The minimum absolute atomic E-state index is 0.206. The first kappa shape index (κ1) is 22.4. The summed E-state index contributed by atoms with van der Waals surface area (Å²) in [5, 5.41) is 2.50. The Morgan fingerprint density at radius 3 is 2.19 bits per heavy atom. The Hall–Kier alpha value is -2.61. The maximum Gasteiger partial charge on any atom is 0.408 e. The summed E-state index contributed by atoms with van der Waals surface area (Å²) in [6.45, 7) is 8.66. The largest absolute Gasteiger partial charge is 0.461 e. The van der Waals surface area contributed by atoms with Gasteiger partial charge in [0.1, 0.15) is 11.4 Å². The third-order valence-corrected chi connectivity index (χ3v) is 3.20. The number of carbonyl (C=O) groups is 3. The number of rotatable bonds is 8. The van der Waals surface area contributed by atoms with Crippen LogP contribution in [-0.4, -0.2) is 49.5 Å². The van der Waals surface area contributed by atoms with Crippen molar-refractivity contribution in [2.24, 2.45) is 0 Å². The summed E-state index contributed by atoms with van der Waals surface area (Å²) in [6, 6.07) is 5.35. The highest BCUT2D eigenvalue weighted by Gasteiger charge is 2.23. The lowest BCUT2D eigenvalue weighted by Gasteiger charge is -2.21. The third-order valence-electron chi connectivity index (χ3n) is 3.20. The van der Waals surface area contributed by atoms with Crippen LogP contribution < -0.4 is 10.1 Å². The zero-order chi connectivity index (χ0) is 20.6. The molecule has 0 aliphatic carbocycles. The maximum atomic E-state index is 12.4. The summed E-state index contributed by atoms with van der Waals surface area (Å²) in [5.74, 6) is -0.601. The summed E-state index contributed by atoms with van der Waals surface area (Å²) < 4.78 is 20.3. The molecule has 8 heteroatoms. The van der Waals surface area contributed by atoms with E-state index in [0.717, 1.165) is 0 Å². The number of esters is 1. The van der Waals surface area contributed by atoms with Crippen LogP contribution in [0.25, 0.3) is 0 Å². The fraction of sp³-hybridized carbons (Fsp3) is 0.526. The van der Waals surface area contributed by atoms with Crippen molar-refractivity contribution in [2.45, 2.75) is 52.6 Å². The highest BCUT2D eigenvalue weighted by Crippen LogP contribution is 2.16. The molecule has 2 atom stereocenters. The van der Waals surface area contributed by atoms with Crippen LogP contribution in [0.3, 0.4) is 0 Å². The Kier molecular flexibility index (Phi) is 8.24. The number of amides is 1. The van der Waals surface area contributed by atoms with E-state index in [1.807, 2.05) is 0 Å². The van der Waals surface area contributed by atoms with E-state index in [1.165, 1.54) is 31.4 Å². The van der Waals surface area contributed by atoms with Gasteiger partial charge in [-0.3, -0.25) is 4.79 Å². The molecule has 0 saturated heterocycles. The molecule has 0 aromatic heterocycles. The van der Waals surface area contributed by atoms with Crippen LogP contribution in [0.5, 0.6) is 5.75 Å². The number of carbonyl (C=O) groups excluding carboxylic acids is 3. The topological polar surface area (TPSA) is 100 Å². The molecule has 0 radical (unpaired) electrons. The minimum Gasteiger partial charge on any atom is -0.461 e. The molecular weight excluding hydrogens is 354 g/mol. The molecule has 1 rings (SSSR count). The highest BCUT2D eigenvalue weighted by molar-refractivity contribution is 6.01. The minimum atomic E-state index is -1.20. The van der Waals surface area contributed by atoms with Gasteiger partial charge in [-0.1, -0.05) is 0 Å². The van der Waals surface area contributed by atoms with Crippen molar-refractivity contribution in [3.05, 3.63) is 29.8 Å². The Balaban J connectivity index is 2.70. The lowest BCUT2D eigenvalue weighted by Crippen LogP contribution is -2.41. The smallest absolute Gasteiger partial charge is 0.408 e. The zero-order valence-corrected chi connectivity index (χ0v) is 16.5. The van der Waals surface area contributed by atoms with Gasteiger partial charge in [0.25, 0.3) is 6.29 Å². The van der Waals surface area contributed by atoms with Crippen molar-refractivity contribution < 1.29 is 33.3 Å². The molecule has 8 nitrogen and oxygen atoms in total. The number of nitrogens with one attached hydrogen (secondary N) is 1. The van der Waals surface area contributed by atoms with Crippen molar-refractivity contribution in [1.29, 1.82) is 0 Å². The predicted octanol–water partition coefficient (Wildman–Crippen LogP) is 2.70. The molecule has 0 bridgehead atoms. The van der Waals surface area contributed by atoms with E-state index >= 15 is 0 Å². The summed E-state index contributed by atoms with van der Waals surface area (Å²) in [6.07, 6.45) is -1.86. The van der Waals surface area contributed by atoms with Gasteiger partial charge < -0.3 is 24.3 Å². The molecule has 0 fully saturated rings. The number of hydrogen-bond donors (Lipinski definition) is 1. The van der Waals surface area contributed by atoms with Gasteiger partial charge in [-0.2, -0.15) is 0 Å². The van der Waals surface area contributed by atoms with E-state index in [2.05, 4.69) is 5.32 Å². The van der Waals surface area contributed by atoms with E-state index in [1.54, 1.807) is 34.6 Å². The molecule has 2 unspecified atom stereocenters. The third kappa shape index (κ3) is 7.65. The molecule has 0 saturated carbocycles. The molecular formula is C19H27NO7. The van der Waals surface area contributed by atoms with Crippen LogP contribution in [0.4, 0.5) is 4.79 Å². The normalized spacial score (nSPS) is 13.3. The molecule has 0 spiro atoms. The fourth-order valence-electron chi connectivity index (χ4n) is 2.02. The first-order valence-corrected chi connectivity index (χ1v) is 8.57. The Labute approximate surface area is 159 Å². The van der Waals surface area contributed by atoms with Crippen molar-refractivity contribution in [3.63, 3.8) is 0 Å². The van der Waals surface area contributed by atoms with Crippen molar-refractivity contribution in [3.8, 4) is 5.75 Å². The predicted molar refractivity (Wildman–Crippen MR) is 97.7 cm³/mol. The molecule has 0 heterocycles. The second-order valence-corrected chi connectivity index (χ2v) is 6.69. The van der Waals surface area contributed by atoms with E-state index < -0.39 is 30.0 Å². The first-order chi connectivity index (χ1) is 12.6. The number of ketones is 1. The standard InChI is InChI=1S/C19H27NO7/c1-7-25-16(22)17(24-6)26-14-10-8-13(9-11-14)15(21)12(2)20-18(23)27-19(3,4)5/h8-12,17H,7H2,1-6H3,(H,20,23). The van der Waals surface area contributed by atoms with Gasteiger partial charge in [0.15, 0.2) is 5.78 Å². The lowest BCUT2D eigenvalue weighted by atomic mass is 10.1. The van der Waals surface area contributed by atoms with Gasteiger partial charge in [-0.25, -0.2) is 9.59 Å². The molecule has 1 amide bonds. The van der Waals surface area contributed by atoms with Crippen LogP contribution in [0.15, 0.2) is 24.3 Å². The van der Waals surface area contributed by atoms with Gasteiger partial charge >= 0.3 is 12.1 Å². The van der Waals surface area contributed by atoms with Crippen LogP contribution in [0.2, 0.25) is 0 Å². The van der Waals surface area contributed by atoms with E-state index in [0.29, 0.717) is 11.3 Å². The van der Waals surface area contributed by atoms with Crippen LogP contribution in [0, 0.1) is 0 Å². The van der Waals surface area contributed by atoms with Gasteiger partial charge in [0, 0.05) is 12.7 Å². The molecule has 1 aromatic rings. The van der Waals surface area contributed by atoms with E-state index in [4.69, 9.17) is 18.9 Å². The lowest BCUT2D eigenvalue weighted by molar-refractivity contribution is -0.172. The summed E-state index contributed by atoms with van der Waals surface area (Å²) in [7, 11) is 1.32. The van der Waals surface area contributed by atoms with Crippen LogP contribution in [0.1, 0.15) is 45.0 Å². The number of ether oxygens (including phenoxy) is 4. The summed E-state index contributed by atoms with van der Waals surface area (Å²) in [4.78, 5) is 35.9. The van der Waals surface area contributed by atoms with Gasteiger partial charge in [0.2, 0.25) is 0 Å².